The minimum absolute atomic E-state index is 0.0283. The Hall–Kier alpha value is -2.38. The number of aromatic nitrogens is 2. The van der Waals surface area contributed by atoms with Crippen molar-refractivity contribution in [3.05, 3.63) is 45.9 Å². The van der Waals surface area contributed by atoms with E-state index >= 15 is 0 Å². The number of amides is 2. The van der Waals surface area contributed by atoms with Gasteiger partial charge in [-0.15, -0.1) is 11.3 Å². The molecule has 0 aliphatic heterocycles. The monoisotopic (exact) mass is 376 g/mol. The topological polar surface area (TPSA) is 67.2 Å². The molecule has 0 unspecified atom stereocenters. The number of hydrogen-bond donors (Lipinski definition) is 1. The molecule has 3 aromatic rings. The summed E-state index contributed by atoms with van der Waals surface area (Å²) in [5.74, 6) is -0.427. The van der Waals surface area contributed by atoms with Crippen LogP contribution in [0.15, 0.2) is 30.3 Å². The Balaban J connectivity index is 1.91. The number of nitrogens with one attached hydrogen (secondary N) is 1. The van der Waals surface area contributed by atoms with E-state index in [4.69, 9.17) is 11.6 Å². The van der Waals surface area contributed by atoms with Crippen molar-refractivity contribution < 1.29 is 9.59 Å². The zero-order valence-electron chi connectivity index (χ0n) is 14.0. The van der Waals surface area contributed by atoms with Crippen molar-refractivity contribution in [1.29, 1.82) is 0 Å². The summed E-state index contributed by atoms with van der Waals surface area (Å²) >= 11 is 7.40. The van der Waals surface area contributed by atoms with Crippen LogP contribution in [0.2, 0.25) is 5.02 Å². The first-order chi connectivity index (χ1) is 11.9. The van der Waals surface area contributed by atoms with Gasteiger partial charge in [-0.25, -0.2) is 4.68 Å². The number of nitrogens with zero attached hydrogens (tertiary/aromatic N) is 3. The van der Waals surface area contributed by atoms with E-state index < -0.39 is 0 Å². The summed E-state index contributed by atoms with van der Waals surface area (Å²) in [5.41, 5.74) is 1.66. The highest BCUT2D eigenvalue weighted by Crippen LogP contribution is 2.30. The van der Waals surface area contributed by atoms with E-state index in [2.05, 4.69) is 10.4 Å². The van der Waals surface area contributed by atoms with E-state index in [1.165, 1.54) is 16.2 Å². The van der Waals surface area contributed by atoms with Crippen LogP contribution in [0.3, 0.4) is 0 Å². The fraction of sp³-hybridized carbons (Fsp3) is 0.235. The molecular weight excluding hydrogens is 360 g/mol. The Labute approximate surface area is 154 Å². The third-order valence-electron chi connectivity index (χ3n) is 3.72. The van der Waals surface area contributed by atoms with Gasteiger partial charge >= 0.3 is 0 Å². The molecule has 0 saturated carbocycles. The quantitative estimate of drug-likeness (QED) is 0.761. The molecule has 0 fully saturated rings. The molecule has 130 valence electrons. The first kappa shape index (κ1) is 17.4. The van der Waals surface area contributed by atoms with Crippen molar-refractivity contribution in [3.63, 3.8) is 0 Å². The minimum atomic E-state index is -0.270. The van der Waals surface area contributed by atoms with Gasteiger partial charge in [-0.2, -0.15) is 5.10 Å². The van der Waals surface area contributed by atoms with Crippen LogP contribution in [0.1, 0.15) is 15.4 Å². The average Bonchev–Trinajstić information content (AvgIpc) is 3.13. The highest BCUT2D eigenvalue weighted by Gasteiger charge is 2.18. The lowest BCUT2D eigenvalue weighted by Crippen LogP contribution is -2.35. The van der Waals surface area contributed by atoms with Crippen LogP contribution in [0.5, 0.6) is 0 Å². The van der Waals surface area contributed by atoms with Crippen LogP contribution >= 0.6 is 22.9 Å². The molecule has 0 saturated heterocycles. The fourth-order valence-corrected chi connectivity index (χ4v) is 3.63. The first-order valence-electron chi connectivity index (χ1n) is 7.60. The predicted molar refractivity (Wildman–Crippen MR) is 99.7 cm³/mol. The number of rotatable bonds is 4. The van der Waals surface area contributed by atoms with Gasteiger partial charge < -0.3 is 10.2 Å². The number of thiophene rings is 1. The Morgan fingerprint density at radius 2 is 2.08 bits per heavy atom. The van der Waals surface area contributed by atoms with Gasteiger partial charge in [-0.3, -0.25) is 9.59 Å². The maximum atomic E-state index is 12.3. The summed E-state index contributed by atoms with van der Waals surface area (Å²) in [4.78, 5) is 26.8. The lowest BCUT2D eigenvalue weighted by molar-refractivity contribution is -0.127. The van der Waals surface area contributed by atoms with Crippen LogP contribution in [0, 0.1) is 6.92 Å². The molecule has 25 heavy (non-hydrogen) atoms. The normalized spacial score (nSPS) is 10.9. The molecule has 8 heteroatoms. The number of carbonyl (C=O) groups is 2. The number of carbonyl (C=O) groups excluding carboxylic acids is 2. The number of halogens is 1. The van der Waals surface area contributed by atoms with Crippen LogP contribution in [-0.4, -0.2) is 47.1 Å². The molecule has 6 nitrogen and oxygen atoms in total. The molecule has 2 heterocycles. The fourth-order valence-electron chi connectivity index (χ4n) is 2.34. The SMILES string of the molecule is Cc1nn(-c2cccc(Cl)c2)c2sc(C(=O)NCC(=O)N(C)C)cc12. The highest BCUT2D eigenvalue weighted by molar-refractivity contribution is 7.20. The van der Waals surface area contributed by atoms with Crippen molar-refractivity contribution >= 4 is 45.0 Å². The molecule has 0 radical (unpaired) electrons. The Kier molecular flexibility index (Phi) is 4.78. The van der Waals surface area contributed by atoms with Crippen molar-refractivity contribution in [2.24, 2.45) is 0 Å². The van der Waals surface area contributed by atoms with Gasteiger partial charge in [0.15, 0.2) is 0 Å². The van der Waals surface area contributed by atoms with E-state index in [1.54, 1.807) is 30.9 Å². The molecule has 0 atom stereocenters. The van der Waals surface area contributed by atoms with Crippen molar-refractivity contribution in [2.75, 3.05) is 20.6 Å². The van der Waals surface area contributed by atoms with Crippen LogP contribution in [0.4, 0.5) is 0 Å². The molecule has 0 aliphatic rings. The van der Waals surface area contributed by atoms with Gasteiger partial charge in [0.1, 0.15) is 4.83 Å². The third kappa shape index (κ3) is 3.52. The lowest BCUT2D eigenvalue weighted by Gasteiger charge is -2.10. The van der Waals surface area contributed by atoms with Gasteiger partial charge in [0.2, 0.25) is 5.91 Å². The maximum absolute atomic E-state index is 12.3. The first-order valence-corrected chi connectivity index (χ1v) is 8.79. The van der Waals surface area contributed by atoms with Gasteiger partial charge in [-0.1, -0.05) is 17.7 Å². The Morgan fingerprint density at radius 3 is 2.76 bits per heavy atom. The smallest absolute Gasteiger partial charge is 0.261 e. The van der Waals surface area contributed by atoms with Crippen LogP contribution in [0.25, 0.3) is 15.9 Å². The Morgan fingerprint density at radius 1 is 1.32 bits per heavy atom. The molecule has 1 aromatic carbocycles. The summed E-state index contributed by atoms with van der Waals surface area (Å²) in [6.07, 6.45) is 0. The van der Waals surface area contributed by atoms with Crippen molar-refractivity contribution in [3.8, 4) is 5.69 Å². The second-order valence-corrected chi connectivity index (χ2v) is 7.24. The lowest BCUT2D eigenvalue weighted by atomic mass is 10.3. The van der Waals surface area contributed by atoms with E-state index in [-0.39, 0.29) is 18.4 Å². The largest absolute Gasteiger partial charge is 0.347 e. The number of benzene rings is 1. The predicted octanol–water partition coefficient (Wildman–Crippen LogP) is 2.87. The standard InChI is InChI=1S/C17H17ClN4O2S/c1-10-13-8-14(16(24)19-9-15(23)21(2)3)25-17(13)22(20-10)12-6-4-5-11(18)7-12/h4-8H,9H2,1-3H3,(H,19,24). The van der Waals surface area contributed by atoms with Crippen LogP contribution < -0.4 is 5.32 Å². The molecule has 3 rings (SSSR count). The number of likely N-dealkylation sites (N-methyl/N-ethyl adjacent to an activating group) is 1. The Bertz CT molecular complexity index is 961. The molecule has 0 bridgehead atoms. The minimum Gasteiger partial charge on any atom is -0.347 e. The summed E-state index contributed by atoms with van der Waals surface area (Å²) < 4.78 is 1.78. The van der Waals surface area contributed by atoms with Crippen molar-refractivity contribution in [2.45, 2.75) is 6.92 Å². The van der Waals surface area contributed by atoms with E-state index in [9.17, 15) is 9.59 Å². The zero-order valence-corrected chi connectivity index (χ0v) is 15.6. The number of aryl methyl sites for hydroxylation is 1. The van der Waals surface area contributed by atoms with E-state index in [0.29, 0.717) is 9.90 Å². The van der Waals surface area contributed by atoms with Gasteiger partial charge in [-0.05, 0) is 31.2 Å². The molecule has 0 aliphatic carbocycles. The molecule has 2 amide bonds. The summed E-state index contributed by atoms with van der Waals surface area (Å²) in [5, 5.41) is 8.72. The average molecular weight is 377 g/mol. The van der Waals surface area contributed by atoms with Gasteiger partial charge in [0, 0.05) is 24.5 Å². The molecule has 2 aromatic heterocycles. The molecular formula is C17H17ClN4O2S. The molecule has 0 spiro atoms. The van der Waals surface area contributed by atoms with Crippen molar-refractivity contribution in [1.82, 2.24) is 20.0 Å². The third-order valence-corrected chi connectivity index (χ3v) is 5.06. The van der Waals surface area contributed by atoms with E-state index in [0.717, 1.165) is 21.6 Å². The summed E-state index contributed by atoms with van der Waals surface area (Å²) in [6.45, 7) is 1.87. The second-order valence-electron chi connectivity index (χ2n) is 5.78. The maximum Gasteiger partial charge on any atom is 0.261 e. The second kappa shape index (κ2) is 6.85. The number of fused-ring (bicyclic) bond motifs is 1. The summed E-state index contributed by atoms with van der Waals surface area (Å²) in [7, 11) is 3.30. The summed E-state index contributed by atoms with van der Waals surface area (Å²) in [6, 6.07) is 9.19. The van der Waals surface area contributed by atoms with Crippen LogP contribution in [-0.2, 0) is 4.79 Å². The zero-order chi connectivity index (χ0) is 18.1. The number of hydrogen-bond acceptors (Lipinski definition) is 4. The highest BCUT2D eigenvalue weighted by atomic mass is 35.5. The molecule has 1 N–H and O–H groups in total. The van der Waals surface area contributed by atoms with E-state index in [1.807, 2.05) is 25.1 Å². The van der Waals surface area contributed by atoms with Gasteiger partial charge in [0.25, 0.3) is 5.91 Å². The van der Waals surface area contributed by atoms with Gasteiger partial charge in [0.05, 0.1) is 22.8 Å².